The van der Waals surface area contributed by atoms with Crippen molar-refractivity contribution in [1.29, 1.82) is 0 Å². The standard InChI is InChI=1S/C20H22N2O3S/c1-11-8-21-6-5-12(11)15-7-13-14-9-25-10-20(24,19(2,3)4)17(14)22-18(23)16(13)26-15/h5-8,24H,9-10H2,1-4H3,(H,22,23)/t20-/m1/s1. The van der Waals surface area contributed by atoms with Gasteiger partial charge in [0.15, 0.2) is 0 Å². The first kappa shape index (κ1) is 17.4. The fourth-order valence-electron chi connectivity index (χ4n) is 3.51. The van der Waals surface area contributed by atoms with Crippen molar-refractivity contribution < 1.29 is 9.84 Å². The van der Waals surface area contributed by atoms with Crippen LogP contribution >= 0.6 is 11.3 Å². The minimum absolute atomic E-state index is 0.161. The van der Waals surface area contributed by atoms with Crippen LogP contribution < -0.4 is 5.56 Å². The predicted molar refractivity (Wildman–Crippen MR) is 103 cm³/mol. The number of aryl methyl sites for hydroxylation is 1. The zero-order valence-electron chi connectivity index (χ0n) is 15.3. The number of thiophene rings is 1. The van der Waals surface area contributed by atoms with Crippen LogP contribution in [0.5, 0.6) is 0 Å². The molecule has 0 saturated carbocycles. The van der Waals surface area contributed by atoms with E-state index in [9.17, 15) is 9.90 Å². The van der Waals surface area contributed by atoms with E-state index in [-0.39, 0.29) is 12.2 Å². The van der Waals surface area contributed by atoms with E-state index in [1.54, 1.807) is 6.20 Å². The molecule has 1 aliphatic rings. The maximum Gasteiger partial charge on any atom is 0.266 e. The Labute approximate surface area is 155 Å². The van der Waals surface area contributed by atoms with E-state index in [1.165, 1.54) is 11.3 Å². The number of hydrogen-bond donors (Lipinski definition) is 2. The fourth-order valence-corrected chi connectivity index (χ4v) is 4.69. The van der Waals surface area contributed by atoms with Crippen molar-refractivity contribution >= 4 is 21.4 Å². The summed E-state index contributed by atoms with van der Waals surface area (Å²) in [5.74, 6) is 0. The van der Waals surface area contributed by atoms with Crippen LogP contribution in [0, 0.1) is 12.3 Å². The highest BCUT2D eigenvalue weighted by Crippen LogP contribution is 2.45. The Hall–Kier alpha value is -2.02. The monoisotopic (exact) mass is 370 g/mol. The number of nitrogens with zero attached hydrogens (tertiary/aromatic N) is 1. The minimum atomic E-state index is -1.23. The number of hydrogen-bond acceptors (Lipinski definition) is 5. The normalized spacial score (nSPS) is 20.3. The van der Waals surface area contributed by atoms with Crippen LogP contribution in [0.3, 0.4) is 0 Å². The molecular formula is C20H22N2O3S. The summed E-state index contributed by atoms with van der Waals surface area (Å²) in [6.07, 6.45) is 3.58. The third-order valence-corrected chi connectivity index (χ3v) is 6.47. The molecule has 0 saturated heterocycles. The number of aliphatic hydroxyl groups is 1. The number of fused-ring (bicyclic) bond motifs is 3. The third-order valence-electron chi connectivity index (χ3n) is 5.30. The lowest BCUT2D eigenvalue weighted by molar-refractivity contribution is -0.139. The van der Waals surface area contributed by atoms with Crippen LogP contribution in [-0.2, 0) is 16.9 Å². The molecule has 136 valence electrons. The number of aromatic nitrogens is 2. The number of H-pyrrole nitrogens is 1. The number of nitrogens with one attached hydrogen (secondary N) is 1. The molecule has 3 aromatic rings. The Morgan fingerprint density at radius 1 is 1.38 bits per heavy atom. The van der Waals surface area contributed by atoms with Gasteiger partial charge in [0, 0.05) is 28.2 Å². The second kappa shape index (κ2) is 5.74. The van der Waals surface area contributed by atoms with Gasteiger partial charge >= 0.3 is 0 Å². The summed E-state index contributed by atoms with van der Waals surface area (Å²) in [7, 11) is 0. The van der Waals surface area contributed by atoms with Crippen molar-refractivity contribution in [2.45, 2.75) is 39.9 Å². The number of pyridine rings is 2. The summed E-state index contributed by atoms with van der Waals surface area (Å²) >= 11 is 1.46. The smallest absolute Gasteiger partial charge is 0.266 e. The molecule has 0 radical (unpaired) electrons. The van der Waals surface area contributed by atoms with Gasteiger partial charge in [0.25, 0.3) is 5.56 Å². The highest BCUT2D eigenvalue weighted by Gasteiger charge is 2.47. The molecule has 0 fully saturated rings. The van der Waals surface area contributed by atoms with E-state index < -0.39 is 11.0 Å². The second-order valence-corrected chi connectivity index (χ2v) is 9.01. The molecule has 5 nitrogen and oxygen atoms in total. The Morgan fingerprint density at radius 2 is 2.15 bits per heavy atom. The summed E-state index contributed by atoms with van der Waals surface area (Å²) in [5, 5.41) is 12.2. The maximum atomic E-state index is 12.8. The van der Waals surface area contributed by atoms with Crippen LogP contribution in [0.15, 0.2) is 29.3 Å². The van der Waals surface area contributed by atoms with E-state index in [1.807, 2.05) is 46.0 Å². The summed E-state index contributed by atoms with van der Waals surface area (Å²) < 4.78 is 6.41. The lowest BCUT2D eigenvalue weighted by atomic mass is 9.72. The van der Waals surface area contributed by atoms with E-state index in [0.29, 0.717) is 17.0 Å². The quantitative estimate of drug-likeness (QED) is 0.684. The van der Waals surface area contributed by atoms with Gasteiger partial charge in [-0.25, -0.2) is 0 Å². The first-order chi connectivity index (χ1) is 12.2. The Kier molecular flexibility index (Phi) is 3.84. The molecule has 0 aliphatic carbocycles. The number of ether oxygens (including phenoxy) is 1. The zero-order chi connectivity index (χ0) is 18.7. The van der Waals surface area contributed by atoms with Gasteiger partial charge in [0.05, 0.1) is 18.9 Å². The first-order valence-corrected chi connectivity index (χ1v) is 9.44. The molecule has 0 amide bonds. The van der Waals surface area contributed by atoms with Crippen molar-refractivity contribution in [2.75, 3.05) is 6.61 Å². The molecule has 1 atom stereocenters. The molecule has 26 heavy (non-hydrogen) atoms. The van der Waals surface area contributed by atoms with Crippen molar-refractivity contribution in [2.24, 2.45) is 5.41 Å². The van der Waals surface area contributed by atoms with Crippen molar-refractivity contribution in [1.82, 2.24) is 9.97 Å². The molecule has 3 aromatic heterocycles. The van der Waals surface area contributed by atoms with Crippen LogP contribution in [0.4, 0.5) is 0 Å². The van der Waals surface area contributed by atoms with Gasteiger partial charge in [-0.1, -0.05) is 20.8 Å². The van der Waals surface area contributed by atoms with Crippen LogP contribution in [-0.4, -0.2) is 21.7 Å². The molecule has 4 rings (SSSR count). The SMILES string of the molecule is Cc1cnccc1-c1cc2c3c([nH]c(=O)c2s1)[C@@](O)(C(C)(C)C)COC3. The molecular weight excluding hydrogens is 348 g/mol. The highest BCUT2D eigenvalue weighted by molar-refractivity contribution is 7.22. The third kappa shape index (κ3) is 2.44. The van der Waals surface area contributed by atoms with Gasteiger partial charge in [0.2, 0.25) is 0 Å². The largest absolute Gasteiger partial charge is 0.381 e. The Morgan fingerprint density at radius 3 is 2.85 bits per heavy atom. The van der Waals surface area contributed by atoms with E-state index in [2.05, 4.69) is 9.97 Å². The van der Waals surface area contributed by atoms with Gasteiger partial charge in [-0.15, -0.1) is 11.3 Å². The highest BCUT2D eigenvalue weighted by atomic mass is 32.1. The van der Waals surface area contributed by atoms with Gasteiger partial charge in [-0.05, 0) is 35.6 Å². The minimum Gasteiger partial charge on any atom is -0.381 e. The van der Waals surface area contributed by atoms with Crippen LogP contribution in [0.1, 0.15) is 37.6 Å². The summed E-state index contributed by atoms with van der Waals surface area (Å²) in [4.78, 5) is 20.9. The van der Waals surface area contributed by atoms with Crippen molar-refractivity contribution in [3.8, 4) is 10.4 Å². The average Bonchev–Trinajstić information content (AvgIpc) is 3.01. The zero-order valence-corrected chi connectivity index (χ0v) is 16.2. The van der Waals surface area contributed by atoms with Gasteiger partial charge in [0.1, 0.15) is 10.3 Å². The maximum absolute atomic E-state index is 12.8. The van der Waals surface area contributed by atoms with E-state index in [0.717, 1.165) is 27.0 Å². The average molecular weight is 370 g/mol. The first-order valence-electron chi connectivity index (χ1n) is 8.62. The topological polar surface area (TPSA) is 75.2 Å². The summed E-state index contributed by atoms with van der Waals surface area (Å²) in [6, 6.07) is 4.00. The predicted octanol–water partition coefficient (Wildman–Crippen LogP) is 3.72. The van der Waals surface area contributed by atoms with Crippen LogP contribution in [0.25, 0.3) is 20.5 Å². The van der Waals surface area contributed by atoms with Gasteiger partial charge < -0.3 is 14.8 Å². The van der Waals surface area contributed by atoms with E-state index in [4.69, 9.17) is 4.74 Å². The molecule has 0 bridgehead atoms. The van der Waals surface area contributed by atoms with Gasteiger partial charge in [-0.3, -0.25) is 9.78 Å². The van der Waals surface area contributed by atoms with Gasteiger partial charge in [-0.2, -0.15) is 0 Å². The van der Waals surface area contributed by atoms with Crippen LogP contribution in [0.2, 0.25) is 0 Å². The number of aromatic amines is 1. The number of rotatable bonds is 1. The molecule has 0 spiro atoms. The molecule has 0 aromatic carbocycles. The molecule has 4 heterocycles. The van der Waals surface area contributed by atoms with E-state index >= 15 is 0 Å². The Balaban J connectivity index is 2.00. The lowest BCUT2D eigenvalue weighted by Gasteiger charge is -2.43. The molecule has 0 unspecified atom stereocenters. The van der Waals surface area contributed by atoms with Crippen molar-refractivity contribution in [3.63, 3.8) is 0 Å². The summed E-state index contributed by atoms with van der Waals surface area (Å²) in [5.41, 5.74) is 1.72. The fraction of sp³-hybridized carbons (Fsp3) is 0.400. The summed E-state index contributed by atoms with van der Waals surface area (Å²) in [6.45, 7) is 8.42. The molecule has 2 N–H and O–H groups in total. The Bertz CT molecular complexity index is 1060. The molecule has 6 heteroatoms. The molecule has 1 aliphatic heterocycles. The lowest BCUT2D eigenvalue weighted by Crippen LogP contribution is -2.48. The van der Waals surface area contributed by atoms with Crippen molar-refractivity contribution in [3.05, 3.63) is 51.7 Å². The second-order valence-electron chi connectivity index (χ2n) is 7.95.